The molecule has 0 fully saturated rings. The SMILES string of the molecule is O=C(Nn1cccc1)c1cc(C(F)(F)F)ccc1F. The van der Waals surface area contributed by atoms with Gasteiger partial charge in [-0.3, -0.25) is 14.9 Å². The van der Waals surface area contributed by atoms with Crippen molar-refractivity contribution in [1.29, 1.82) is 0 Å². The van der Waals surface area contributed by atoms with Gasteiger partial charge in [0.15, 0.2) is 0 Å². The number of rotatable bonds is 2. The minimum atomic E-state index is -4.63. The molecule has 2 aromatic rings. The van der Waals surface area contributed by atoms with Gasteiger partial charge in [0.2, 0.25) is 0 Å². The lowest BCUT2D eigenvalue weighted by Gasteiger charge is -2.10. The van der Waals surface area contributed by atoms with Gasteiger partial charge in [0.25, 0.3) is 5.91 Å². The summed E-state index contributed by atoms with van der Waals surface area (Å²) in [5.41, 5.74) is 0.487. The molecular weight excluding hydrogens is 264 g/mol. The summed E-state index contributed by atoms with van der Waals surface area (Å²) in [5, 5.41) is 0. The molecule has 2 rings (SSSR count). The van der Waals surface area contributed by atoms with Crippen molar-refractivity contribution in [2.24, 2.45) is 0 Å². The van der Waals surface area contributed by atoms with Crippen LogP contribution in [0.15, 0.2) is 42.7 Å². The highest BCUT2D eigenvalue weighted by atomic mass is 19.4. The first-order valence-corrected chi connectivity index (χ1v) is 5.19. The second kappa shape index (κ2) is 4.75. The Morgan fingerprint density at radius 1 is 1.16 bits per heavy atom. The second-order valence-corrected chi connectivity index (χ2v) is 3.72. The van der Waals surface area contributed by atoms with Crippen molar-refractivity contribution in [1.82, 2.24) is 4.68 Å². The maximum atomic E-state index is 13.4. The molecule has 0 atom stereocenters. The Morgan fingerprint density at radius 3 is 2.37 bits per heavy atom. The number of amides is 1. The zero-order valence-corrected chi connectivity index (χ0v) is 9.41. The monoisotopic (exact) mass is 272 g/mol. The van der Waals surface area contributed by atoms with Gasteiger partial charge < -0.3 is 0 Å². The number of carbonyl (C=O) groups excluding carboxylic acids is 1. The number of alkyl halides is 3. The number of hydrogen-bond acceptors (Lipinski definition) is 1. The van der Waals surface area contributed by atoms with Crippen LogP contribution in [0.5, 0.6) is 0 Å². The first-order valence-electron chi connectivity index (χ1n) is 5.19. The third kappa shape index (κ3) is 2.93. The smallest absolute Gasteiger partial charge is 0.268 e. The highest BCUT2D eigenvalue weighted by molar-refractivity contribution is 6.00. The van der Waals surface area contributed by atoms with E-state index in [1.165, 1.54) is 17.1 Å². The van der Waals surface area contributed by atoms with E-state index in [0.717, 1.165) is 0 Å². The summed E-state index contributed by atoms with van der Waals surface area (Å²) in [6.45, 7) is 0. The fourth-order valence-electron chi connectivity index (χ4n) is 1.46. The van der Waals surface area contributed by atoms with E-state index >= 15 is 0 Å². The van der Waals surface area contributed by atoms with Gasteiger partial charge in [-0.1, -0.05) is 0 Å². The van der Waals surface area contributed by atoms with Crippen molar-refractivity contribution in [3.05, 3.63) is 59.7 Å². The largest absolute Gasteiger partial charge is 0.416 e. The molecule has 0 radical (unpaired) electrons. The van der Waals surface area contributed by atoms with Crippen LogP contribution in [-0.2, 0) is 6.18 Å². The molecular formula is C12H8F4N2O. The van der Waals surface area contributed by atoms with Crippen molar-refractivity contribution in [3.63, 3.8) is 0 Å². The van der Waals surface area contributed by atoms with Crippen LogP contribution in [0.25, 0.3) is 0 Å². The highest BCUT2D eigenvalue weighted by Crippen LogP contribution is 2.30. The van der Waals surface area contributed by atoms with E-state index in [1.54, 1.807) is 12.1 Å². The molecule has 0 bridgehead atoms. The zero-order chi connectivity index (χ0) is 14.0. The van der Waals surface area contributed by atoms with Crippen molar-refractivity contribution in [3.8, 4) is 0 Å². The minimum Gasteiger partial charge on any atom is -0.268 e. The van der Waals surface area contributed by atoms with Crippen molar-refractivity contribution in [2.75, 3.05) is 5.43 Å². The third-order valence-electron chi connectivity index (χ3n) is 2.37. The number of benzene rings is 1. The number of nitrogens with zero attached hydrogens (tertiary/aromatic N) is 1. The van der Waals surface area contributed by atoms with Crippen LogP contribution in [0, 0.1) is 5.82 Å². The predicted octanol–water partition coefficient (Wildman–Crippen LogP) is 3.03. The van der Waals surface area contributed by atoms with Crippen molar-refractivity contribution >= 4 is 5.91 Å². The molecule has 1 heterocycles. The van der Waals surface area contributed by atoms with E-state index < -0.39 is 29.0 Å². The molecule has 19 heavy (non-hydrogen) atoms. The van der Waals surface area contributed by atoms with Crippen LogP contribution in [0.3, 0.4) is 0 Å². The Labute approximate surface area is 105 Å². The Bertz CT molecular complexity index is 590. The highest BCUT2D eigenvalue weighted by Gasteiger charge is 2.31. The Kier molecular flexibility index (Phi) is 3.28. The van der Waals surface area contributed by atoms with Crippen LogP contribution in [0.4, 0.5) is 17.6 Å². The van der Waals surface area contributed by atoms with Gasteiger partial charge >= 0.3 is 6.18 Å². The Hall–Kier alpha value is -2.31. The molecule has 0 aliphatic rings. The summed E-state index contributed by atoms with van der Waals surface area (Å²) < 4.78 is 52.1. The van der Waals surface area contributed by atoms with E-state index in [2.05, 4.69) is 5.43 Å². The van der Waals surface area contributed by atoms with Gasteiger partial charge in [-0.2, -0.15) is 13.2 Å². The summed E-state index contributed by atoms with van der Waals surface area (Å²) >= 11 is 0. The first kappa shape index (κ1) is 13.1. The van der Waals surface area contributed by atoms with Crippen LogP contribution in [0.1, 0.15) is 15.9 Å². The number of nitrogens with one attached hydrogen (secondary N) is 1. The topological polar surface area (TPSA) is 34.0 Å². The summed E-state index contributed by atoms with van der Waals surface area (Å²) in [6, 6.07) is 4.88. The maximum absolute atomic E-state index is 13.4. The van der Waals surface area contributed by atoms with Crippen molar-refractivity contribution in [2.45, 2.75) is 6.18 Å². The van der Waals surface area contributed by atoms with Gasteiger partial charge in [-0.25, -0.2) is 4.39 Å². The lowest BCUT2D eigenvalue weighted by molar-refractivity contribution is -0.137. The predicted molar refractivity (Wildman–Crippen MR) is 59.5 cm³/mol. The van der Waals surface area contributed by atoms with E-state index in [0.29, 0.717) is 18.2 Å². The standard InChI is InChI=1S/C12H8F4N2O/c13-10-4-3-8(12(14,15)16)7-9(10)11(19)17-18-5-1-2-6-18/h1-7H,(H,17,19). The molecule has 0 saturated carbocycles. The van der Waals surface area contributed by atoms with Crippen LogP contribution in [0.2, 0.25) is 0 Å². The number of hydrogen-bond donors (Lipinski definition) is 1. The molecule has 1 N–H and O–H groups in total. The number of carbonyl (C=O) groups is 1. The maximum Gasteiger partial charge on any atom is 0.416 e. The van der Waals surface area contributed by atoms with E-state index in [4.69, 9.17) is 0 Å². The fraction of sp³-hybridized carbons (Fsp3) is 0.0833. The van der Waals surface area contributed by atoms with Gasteiger partial charge in [0.1, 0.15) is 5.82 Å². The molecule has 0 spiro atoms. The quantitative estimate of drug-likeness (QED) is 0.838. The number of halogens is 4. The lowest BCUT2D eigenvalue weighted by Crippen LogP contribution is -2.23. The molecule has 7 heteroatoms. The van der Waals surface area contributed by atoms with Crippen LogP contribution >= 0.6 is 0 Å². The van der Waals surface area contributed by atoms with E-state index in [9.17, 15) is 22.4 Å². The summed E-state index contributed by atoms with van der Waals surface area (Å²) in [4.78, 5) is 11.7. The molecule has 0 saturated heterocycles. The fourth-order valence-corrected chi connectivity index (χ4v) is 1.46. The summed E-state index contributed by atoms with van der Waals surface area (Å²) in [6.07, 6.45) is -1.71. The average Bonchev–Trinajstić information content (AvgIpc) is 2.80. The van der Waals surface area contributed by atoms with Crippen LogP contribution < -0.4 is 5.43 Å². The molecule has 0 unspecified atom stereocenters. The van der Waals surface area contributed by atoms with Gasteiger partial charge in [-0.15, -0.1) is 0 Å². The average molecular weight is 272 g/mol. The molecule has 0 aliphatic carbocycles. The Morgan fingerprint density at radius 2 is 1.79 bits per heavy atom. The van der Waals surface area contributed by atoms with Crippen LogP contribution in [-0.4, -0.2) is 10.6 Å². The molecule has 0 aliphatic heterocycles. The minimum absolute atomic E-state index is 0.480. The molecule has 1 aromatic heterocycles. The molecule has 1 aromatic carbocycles. The lowest BCUT2D eigenvalue weighted by atomic mass is 10.1. The second-order valence-electron chi connectivity index (χ2n) is 3.72. The van der Waals surface area contributed by atoms with Gasteiger partial charge in [0.05, 0.1) is 11.1 Å². The van der Waals surface area contributed by atoms with E-state index in [1.807, 2.05) is 0 Å². The molecule has 1 amide bonds. The molecule has 100 valence electrons. The van der Waals surface area contributed by atoms with Gasteiger partial charge in [0, 0.05) is 12.4 Å². The first-order chi connectivity index (χ1) is 8.88. The van der Waals surface area contributed by atoms with E-state index in [-0.39, 0.29) is 0 Å². The molecule has 3 nitrogen and oxygen atoms in total. The normalized spacial score (nSPS) is 11.4. The number of aromatic nitrogens is 1. The zero-order valence-electron chi connectivity index (χ0n) is 9.41. The Balaban J connectivity index is 2.31. The summed E-state index contributed by atoms with van der Waals surface area (Å²) in [5.74, 6) is -1.97. The van der Waals surface area contributed by atoms with Gasteiger partial charge in [-0.05, 0) is 30.3 Å². The van der Waals surface area contributed by atoms with Crippen molar-refractivity contribution < 1.29 is 22.4 Å². The third-order valence-corrected chi connectivity index (χ3v) is 2.37. The summed E-state index contributed by atoms with van der Waals surface area (Å²) in [7, 11) is 0.